The van der Waals surface area contributed by atoms with Gasteiger partial charge in [-0.1, -0.05) is 13.8 Å². The van der Waals surface area contributed by atoms with E-state index in [1.54, 1.807) is 0 Å². The fourth-order valence-electron chi connectivity index (χ4n) is 2.44. The van der Waals surface area contributed by atoms with Crippen LogP contribution in [0.1, 0.15) is 20.3 Å². The molecule has 2 saturated heterocycles. The Hall–Kier alpha value is -0.0151. The smallest absolute Gasteiger partial charge is 0.142 e. The Balaban J connectivity index is 2.24. The molecule has 2 fully saturated rings. The molecule has 62 valence electrons. The minimum absolute atomic E-state index is 0.0596. The van der Waals surface area contributed by atoms with Crippen molar-refractivity contribution in [2.24, 2.45) is 5.92 Å². The van der Waals surface area contributed by atoms with Crippen LogP contribution in [0.25, 0.3) is 0 Å². The van der Waals surface area contributed by atoms with E-state index in [1.165, 1.54) is 0 Å². The number of hydrogen-bond acceptors (Lipinski definition) is 2. The maximum absolute atomic E-state index is 5.88. The van der Waals surface area contributed by atoms with E-state index in [9.17, 15) is 0 Å². The van der Waals surface area contributed by atoms with Crippen LogP contribution in [-0.4, -0.2) is 32.2 Å². The van der Waals surface area contributed by atoms with Crippen LogP contribution in [0.3, 0.4) is 0 Å². The van der Waals surface area contributed by atoms with Gasteiger partial charge in [0.2, 0.25) is 0 Å². The lowest BCUT2D eigenvalue weighted by Gasteiger charge is -2.29. The first-order valence-electron chi connectivity index (χ1n) is 4.49. The molecule has 0 saturated carbocycles. The molecule has 0 radical (unpaired) electrons. The van der Waals surface area contributed by atoms with E-state index in [1.807, 2.05) is 0 Å². The van der Waals surface area contributed by atoms with Crippen molar-refractivity contribution in [2.45, 2.75) is 38.0 Å². The van der Waals surface area contributed by atoms with Crippen LogP contribution in [-0.2, 0) is 9.47 Å². The van der Waals surface area contributed by atoms with E-state index in [0.717, 1.165) is 13.0 Å². The van der Waals surface area contributed by atoms with Crippen molar-refractivity contribution >= 4 is 7.85 Å². The van der Waals surface area contributed by atoms with Crippen molar-refractivity contribution in [2.75, 3.05) is 6.61 Å². The Labute approximate surface area is 68.7 Å². The van der Waals surface area contributed by atoms with Crippen LogP contribution in [0.4, 0.5) is 0 Å². The molecular weight excluding hydrogens is 139 g/mol. The molecular formula is C8H15BO2. The quantitative estimate of drug-likeness (QED) is 0.501. The van der Waals surface area contributed by atoms with Crippen molar-refractivity contribution in [3.8, 4) is 0 Å². The van der Waals surface area contributed by atoms with Gasteiger partial charge in [-0.2, -0.15) is 0 Å². The lowest BCUT2D eigenvalue weighted by molar-refractivity contribution is -0.115. The highest BCUT2D eigenvalue weighted by atomic mass is 16.6. The van der Waals surface area contributed by atoms with Crippen molar-refractivity contribution in [3.05, 3.63) is 0 Å². The average molecular weight is 154 g/mol. The van der Waals surface area contributed by atoms with E-state index >= 15 is 0 Å². The standard InChI is InChI=1S/C8H15BO2/c1-3-8-4-10-6(5(8)2)7(9)11-8/h5-7H,3-4,9H2,1-2H3/t5?,6?,7-,8-/m1/s1. The second kappa shape index (κ2) is 2.24. The molecule has 0 amide bonds. The molecule has 3 heteroatoms. The fraction of sp³-hybridized carbons (Fsp3) is 1.00. The topological polar surface area (TPSA) is 18.5 Å². The van der Waals surface area contributed by atoms with E-state index in [4.69, 9.17) is 9.47 Å². The first-order valence-corrected chi connectivity index (χ1v) is 4.49. The normalized spacial score (nSPS) is 55.3. The average Bonchev–Trinajstić information content (AvgIpc) is 2.42. The number of rotatable bonds is 1. The van der Waals surface area contributed by atoms with E-state index in [-0.39, 0.29) is 5.60 Å². The predicted octanol–water partition coefficient (Wildman–Crippen LogP) is 0.159. The van der Waals surface area contributed by atoms with Gasteiger partial charge in [0.05, 0.1) is 24.3 Å². The molecule has 0 spiro atoms. The summed E-state index contributed by atoms with van der Waals surface area (Å²) in [7, 11) is 2.11. The maximum Gasteiger partial charge on any atom is 0.142 e. The number of hydrogen-bond donors (Lipinski definition) is 0. The lowest BCUT2D eigenvalue weighted by Crippen LogP contribution is -2.37. The number of ether oxygens (including phenoxy) is 2. The summed E-state index contributed by atoms with van der Waals surface area (Å²) in [5.41, 5.74) is 0.0596. The second-order valence-corrected chi connectivity index (χ2v) is 3.81. The zero-order valence-corrected chi connectivity index (χ0v) is 7.46. The predicted molar refractivity (Wildman–Crippen MR) is 45.3 cm³/mol. The van der Waals surface area contributed by atoms with Gasteiger partial charge in [0, 0.05) is 5.92 Å². The molecule has 0 aromatic rings. The van der Waals surface area contributed by atoms with Crippen molar-refractivity contribution in [3.63, 3.8) is 0 Å². The molecule has 0 aromatic heterocycles. The van der Waals surface area contributed by atoms with Crippen molar-refractivity contribution < 1.29 is 9.47 Å². The second-order valence-electron chi connectivity index (χ2n) is 3.81. The molecule has 4 atom stereocenters. The van der Waals surface area contributed by atoms with Crippen LogP contribution in [0.2, 0.25) is 0 Å². The van der Waals surface area contributed by atoms with Gasteiger partial charge in [-0.25, -0.2) is 0 Å². The third-order valence-electron chi connectivity index (χ3n) is 3.32. The fourth-order valence-corrected chi connectivity index (χ4v) is 2.44. The molecule has 2 bridgehead atoms. The Morgan fingerprint density at radius 3 is 2.64 bits per heavy atom. The SMILES string of the molecule is B[C@@H]1O[C@]2(CC)COC1C2C. The highest BCUT2D eigenvalue weighted by molar-refractivity contribution is 6.11. The van der Waals surface area contributed by atoms with Crippen LogP contribution in [0.5, 0.6) is 0 Å². The summed E-state index contributed by atoms with van der Waals surface area (Å²) in [5, 5.41) is 0. The monoisotopic (exact) mass is 154 g/mol. The first-order chi connectivity index (χ1) is 5.19. The van der Waals surface area contributed by atoms with Crippen LogP contribution >= 0.6 is 0 Å². The van der Waals surface area contributed by atoms with Gasteiger partial charge in [-0.15, -0.1) is 0 Å². The van der Waals surface area contributed by atoms with Gasteiger partial charge in [0.15, 0.2) is 0 Å². The Bertz CT molecular complexity index is 173. The maximum atomic E-state index is 5.88. The minimum atomic E-state index is 0.0596. The molecule has 0 N–H and O–H groups in total. The molecule has 0 aliphatic carbocycles. The molecule has 11 heavy (non-hydrogen) atoms. The van der Waals surface area contributed by atoms with Crippen LogP contribution in [0, 0.1) is 5.92 Å². The Morgan fingerprint density at radius 2 is 2.36 bits per heavy atom. The van der Waals surface area contributed by atoms with Gasteiger partial charge < -0.3 is 9.47 Å². The van der Waals surface area contributed by atoms with Gasteiger partial charge in [-0.3, -0.25) is 0 Å². The highest BCUT2D eigenvalue weighted by Gasteiger charge is 2.56. The summed E-state index contributed by atoms with van der Waals surface area (Å²) >= 11 is 0. The highest BCUT2D eigenvalue weighted by Crippen LogP contribution is 2.45. The largest absolute Gasteiger partial charge is 0.375 e. The summed E-state index contributed by atoms with van der Waals surface area (Å²) in [6, 6.07) is 0.304. The molecule has 2 unspecified atom stereocenters. The molecule has 2 nitrogen and oxygen atoms in total. The van der Waals surface area contributed by atoms with Crippen LogP contribution < -0.4 is 0 Å². The summed E-state index contributed by atoms with van der Waals surface area (Å²) < 4.78 is 11.5. The van der Waals surface area contributed by atoms with E-state index < -0.39 is 0 Å². The molecule has 2 heterocycles. The third-order valence-corrected chi connectivity index (χ3v) is 3.32. The summed E-state index contributed by atoms with van der Waals surface area (Å²) in [4.78, 5) is 0. The van der Waals surface area contributed by atoms with Gasteiger partial charge in [0.1, 0.15) is 7.85 Å². The van der Waals surface area contributed by atoms with Crippen molar-refractivity contribution in [1.82, 2.24) is 0 Å². The third kappa shape index (κ3) is 0.813. The molecule has 2 rings (SSSR count). The number of fused-ring (bicyclic) bond motifs is 2. The van der Waals surface area contributed by atoms with Crippen LogP contribution in [0.15, 0.2) is 0 Å². The minimum Gasteiger partial charge on any atom is -0.375 e. The van der Waals surface area contributed by atoms with Gasteiger partial charge in [0.25, 0.3) is 0 Å². The van der Waals surface area contributed by atoms with Gasteiger partial charge in [-0.05, 0) is 6.42 Å². The van der Waals surface area contributed by atoms with Crippen molar-refractivity contribution in [1.29, 1.82) is 0 Å². The van der Waals surface area contributed by atoms with E-state index in [0.29, 0.717) is 18.0 Å². The first kappa shape index (κ1) is 7.62. The van der Waals surface area contributed by atoms with Gasteiger partial charge >= 0.3 is 0 Å². The summed E-state index contributed by atoms with van der Waals surface area (Å²) in [6.45, 7) is 5.23. The lowest BCUT2D eigenvalue weighted by atomic mass is 9.85. The zero-order chi connectivity index (χ0) is 8.06. The summed E-state index contributed by atoms with van der Waals surface area (Å²) in [5.74, 6) is 0.586. The Kier molecular flexibility index (Phi) is 1.55. The van der Waals surface area contributed by atoms with E-state index in [2.05, 4.69) is 21.7 Å². The summed E-state index contributed by atoms with van der Waals surface area (Å²) in [6.07, 6.45) is 1.43. The molecule has 2 aliphatic heterocycles. The molecule has 0 aromatic carbocycles. The zero-order valence-electron chi connectivity index (χ0n) is 7.46. The molecule has 2 aliphatic rings. The Morgan fingerprint density at radius 1 is 1.64 bits per heavy atom.